The summed E-state index contributed by atoms with van der Waals surface area (Å²) in [6.45, 7) is 4.22. The third kappa shape index (κ3) is 4.90. The predicted molar refractivity (Wildman–Crippen MR) is 108 cm³/mol. The second kappa shape index (κ2) is 9.01. The quantitative estimate of drug-likeness (QED) is 0.541. The number of nitrogens with zero attached hydrogens (tertiary/aromatic N) is 6. The summed E-state index contributed by atoms with van der Waals surface area (Å²) in [6.07, 6.45) is 3.53. The Kier molecular flexibility index (Phi) is 6.01. The second-order valence-corrected chi connectivity index (χ2v) is 6.87. The van der Waals surface area contributed by atoms with Crippen molar-refractivity contribution in [1.29, 1.82) is 0 Å². The van der Waals surface area contributed by atoms with Gasteiger partial charge in [0.15, 0.2) is 6.61 Å². The lowest BCUT2D eigenvalue weighted by molar-refractivity contribution is 0.191. The highest BCUT2D eigenvalue weighted by atomic mass is 32.1. The molecule has 1 aliphatic heterocycles. The van der Waals surface area contributed by atoms with Crippen LogP contribution in [0.3, 0.4) is 0 Å². The van der Waals surface area contributed by atoms with Gasteiger partial charge in [-0.1, -0.05) is 0 Å². The molecule has 0 atom stereocenters. The summed E-state index contributed by atoms with van der Waals surface area (Å²) in [7, 11) is 1.63. The van der Waals surface area contributed by atoms with Gasteiger partial charge in [0, 0.05) is 38.6 Å². The van der Waals surface area contributed by atoms with E-state index in [0.717, 1.165) is 37.9 Å². The summed E-state index contributed by atoms with van der Waals surface area (Å²) >= 11 is 5.31. The fraction of sp³-hybridized carbons (Fsp3) is 0.368. The van der Waals surface area contributed by atoms with Crippen molar-refractivity contribution in [3.05, 3.63) is 53.5 Å². The van der Waals surface area contributed by atoms with Crippen LogP contribution in [0, 0.1) is 4.84 Å². The topological polar surface area (TPSA) is 81.7 Å². The summed E-state index contributed by atoms with van der Waals surface area (Å²) < 4.78 is 18.1. The lowest BCUT2D eigenvalue weighted by Crippen LogP contribution is -2.47. The first-order chi connectivity index (χ1) is 14.2. The maximum Gasteiger partial charge on any atom is 0.288 e. The van der Waals surface area contributed by atoms with E-state index in [0.29, 0.717) is 23.1 Å². The molecule has 152 valence electrons. The van der Waals surface area contributed by atoms with Crippen LogP contribution in [0.2, 0.25) is 0 Å². The zero-order valence-electron chi connectivity index (χ0n) is 16.1. The lowest BCUT2D eigenvalue weighted by Gasteiger charge is -2.34. The van der Waals surface area contributed by atoms with E-state index in [9.17, 15) is 0 Å². The molecular formula is C19H22N6O3S. The molecule has 2 aromatic heterocycles. The van der Waals surface area contributed by atoms with E-state index in [2.05, 4.69) is 24.9 Å². The first-order valence-electron chi connectivity index (χ1n) is 9.29. The third-order valence-corrected chi connectivity index (χ3v) is 4.91. The van der Waals surface area contributed by atoms with Crippen molar-refractivity contribution in [3.63, 3.8) is 0 Å². The van der Waals surface area contributed by atoms with E-state index in [4.69, 9.17) is 26.1 Å². The maximum atomic E-state index is 5.71. The van der Waals surface area contributed by atoms with Crippen LogP contribution in [0.15, 0.2) is 47.1 Å². The molecule has 4 rings (SSSR count). The number of piperazine rings is 1. The van der Waals surface area contributed by atoms with Crippen molar-refractivity contribution in [2.45, 2.75) is 13.3 Å². The van der Waals surface area contributed by atoms with Crippen LogP contribution in [-0.4, -0.2) is 57.9 Å². The molecule has 10 heteroatoms. The van der Waals surface area contributed by atoms with E-state index >= 15 is 0 Å². The molecule has 0 unspecified atom stereocenters. The fourth-order valence-corrected chi connectivity index (χ4v) is 3.24. The van der Waals surface area contributed by atoms with E-state index in [1.165, 1.54) is 0 Å². The molecule has 0 aliphatic carbocycles. The molecule has 0 saturated carbocycles. The van der Waals surface area contributed by atoms with Crippen molar-refractivity contribution in [2.24, 2.45) is 0 Å². The number of aromatic nitrogens is 4. The molecular weight excluding hydrogens is 392 g/mol. The second-order valence-electron chi connectivity index (χ2n) is 6.52. The van der Waals surface area contributed by atoms with Gasteiger partial charge < -0.3 is 18.8 Å². The van der Waals surface area contributed by atoms with Gasteiger partial charge in [-0.15, -0.1) is 5.10 Å². The zero-order valence-corrected chi connectivity index (χ0v) is 16.9. The molecule has 9 nitrogen and oxygen atoms in total. The number of benzene rings is 1. The van der Waals surface area contributed by atoms with Gasteiger partial charge in [-0.3, -0.25) is 4.90 Å². The van der Waals surface area contributed by atoms with E-state index in [1.54, 1.807) is 24.2 Å². The standard InChI is InChI=1S/C19H22N6O3S/c1-26-15-3-5-16(6-4-15)27-13-17-22-25(19(29)28-17)14-23-9-11-24(12-10-23)18-20-7-2-8-21-18/h2-8H,9-14H2,1H3. The number of rotatable bonds is 7. The number of methoxy groups -OCH3 is 1. The largest absolute Gasteiger partial charge is 0.497 e. The Hall–Kier alpha value is -2.98. The van der Waals surface area contributed by atoms with Crippen molar-refractivity contribution < 1.29 is 13.9 Å². The minimum atomic E-state index is 0.210. The Balaban J connectivity index is 1.30. The monoisotopic (exact) mass is 414 g/mol. The normalized spacial score (nSPS) is 14.7. The molecule has 0 N–H and O–H groups in total. The van der Waals surface area contributed by atoms with E-state index in [-0.39, 0.29) is 6.61 Å². The van der Waals surface area contributed by atoms with E-state index in [1.807, 2.05) is 30.3 Å². The predicted octanol–water partition coefficient (Wildman–Crippen LogP) is 2.36. The van der Waals surface area contributed by atoms with Crippen molar-refractivity contribution in [3.8, 4) is 11.5 Å². The summed E-state index contributed by atoms with van der Waals surface area (Å²) in [5, 5.41) is 4.45. The summed E-state index contributed by atoms with van der Waals surface area (Å²) in [4.78, 5) is 13.4. The molecule has 1 aromatic carbocycles. The Labute approximate surface area is 173 Å². The molecule has 0 bridgehead atoms. The van der Waals surface area contributed by atoms with Crippen LogP contribution in [0.25, 0.3) is 0 Å². The summed E-state index contributed by atoms with van der Waals surface area (Å²) in [5.41, 5.74) is 0. The van der Waals surface area contributed by atoms with Crippen molar-refractivity contribution in [1.82, 2.24) is 24.6 Å². The highest BCUT2D eigenvalue weighted by Crippen LogP contribution is 2.18. The van der Waals surface area contributed by atoms with Crippen molar-refractivity contribution >= 4 is 18.2 Å². The number of ether oxygens (including phenoxy) is 2. The van der Waals surface area contributed by atoms with Crippen LogP contribution < -0.4 is 14.4 Å². The van der Waals surface area contributed by atoms with Crippen LogP contribution in [0.4, 0.5) is 5.95 Å². The average molecular weight is 414 g/mol. The van der Waals surface area contributed by atoms with Gasteiger partial charge in [0.05, 0.1) is 13.8 Å². The first kappa shape index (κ1) is 19.3. The molecule has 3 heterocycles. The number of hydrogen-bond donors (Lipinski definition) is 0. The highest BCUT2D eigenvalue weighted by molar-refractivity contribution is 7.71. The van der Waals surface area contributed by atoms with Crippen LogP contribution in [-0.2, 0) is 13.3 Å². The van der Waals surface area contributed by atoms with Crippen LogP contribution >= 0.6 is 12.2 Å². The molecule has 3 aromatic rings. The van der Waals surface area contributed by atoms with Crippen LogP contribution in [0.5, 0.6) is 11.5 Å². The Morgan fingerprint density at radius 2 is 1.72 bits per heavy atom. The van der Waals surface area contributed by atoms with Gasteiger partial charge in [-0.2, -0.15) is 0 Å². The highest BCUT2D eigenvalue weighted by Gasteiger charge is 2.20. The molecule has 1 aliphatic rings. The zero-order chi connectivity index (χ0) is 20.1. The Morgan fingerprint density at radius 1 is 1.03 bits per heavy atom. The molecule has 0 amide bonds. The van der Waals surface area contributed by atoms with Crippen LogP contribution in [0.1, 0.15) is 5.89 Å². The molecule has 1 fully saturated rings. The molecule has 0 radical (unpaired) electrons. The van der Waals surface area contributed by atoms with Gasteiger partial charge in [0.1, 0.15) is 11.5 Å². The Bertz CT molecular complexity index is 968. The van der Waals surface area contributed by atoms with Gasteiger partial charge in [0.25, 0.3) is 10.7 Å². The minimum absolute atomic E-state index is 0.210. The number of anilines is 1. The molecule has 1 saturated heterocycles. The minimum Gasteiger partial charge on any atom is -0.497 e. The van der Waals surface area contributed by atoms with Crippen molar-refractivity contribution in [2.75, 3.05) is 38.2 Å². The van der Waals surface area contributed by atoms with E-state index < -0.39 is 0 Å². The van der Waals surface area contributed by atoms with Gasteiger partial charge in [-0.05, 0) is 42.5 Å². The summed E-state index contributed by atoms with van der Waals surface area (Å²) in [5.74, 6) is 2.70. The van der Waals surface area contributed by atoms with Gasteiger partial charge >= 0.3 is 0 Å². The molecule has 0 spiro atoms. The smallest absolute Gasteiger partial charge is 0.288 e. The third-order valence-electron chi connectivity index (χ3n) is 4.61. The number of hydrogen-bond acceptors (Lipinski definition) is 9. The summed E-state index contributed by atoms with van der Waals surface area (Å²) in [6, 6.07) is 9.16. The maximum absolute atomic E-state index is 5.71. The average Bonchev–Trinajstić information content (AvgIpc) is 3.13. The van der Waals surface area contributed by atoms with Gasteiger partial charge in [-0.25, -0.2) is 14.6 Å². The first-order valence-corrected chi connectivity index (χ1v) is 9.70. The Morgan fingerprint density at radius 3 is 2.41 bits per heavy atom. The van der Waals surface area contributed by atoms with Gasteiger partial charge in [0.2, 0.25) is 5.95 Å². The lowest BCUT2D eigenvalue weighted by atomic mass is 10.3. The SMILES string of the molecule is COc1ccc(OCc2nn(CN3CCN(c4ncccn4)CC3)c(=S)o2)cc1. The molecule has 29 heavy (non-hydrogen) atoms. The fourth-order valence-electron chi connectivity index (χ4n) is 3.05.